The number of carbonyl (C=O) groups is 1. The summed E-state index contributed by atoms with van der Waals surface area (Å²) in [7, 11) is 0. The smallest absolute Gasteiger partial charge is 0.315 e. The van der Waals surface area contributed by atoms with E-state index < -0.39 is 0 Å². The summed E-state index contributed by atoms with van der Waals surface area (Å²) in [4.78, 5) is 16.6. The second-order valence-electron chi connectivity index (χ2n) is 7.05. The molecule has 25 heavy (non-hydrogen) atoms. The number of hydrogen-bond donors (Lipinski definition) is 2. The van der Waals surface area contributed by atoms with Crippen molar-refractivity contribution in [2.45, 2.75) is 50.3 Å². The third kappa shape index (κ3) is 3.18. The Hall–Kier alpha value is -2.56. The van der Waals surface area contributed by atoms with Gasteiger partial charge < -0.3 is 15.4 Å². The van der Waals surface area contributed by atoms with Crippen LogP contribution in [0, 0.1) is 0 Å². The molecule has 5 heteroatoms. The van der Waals surface area contributed by atoms with Crippen LogP contribution in [0.4, 0.5) is 4.79 Å². The van der Waals surface area contributed by atoms with Gasteiger partial charge in [-0.1, -0.05) is 18.2 Å². The number of hydrogen-bond acceptors (Lipinski definition) is 3. The number of rotatable bonds is 3. The van der Waals surface area contributed by atoms with Crippen LogP contribution in [0.1, 0.15) is 55.8 Å². The molecule has 2 aromatic rings. The number of para-hydroxylation sites is 1. The molecule has 0 saturated heterocycles. The third-order valence-corrected chi connectivity index (χ3v) is 5.32. The Labute approximate surface area is 147 Å². The van der Waals surface area contributed by atoms with Gasteiger partial charge in [0.1, 0.15) is 11.4 Å². The summed E-state index contributed by atoms with van der Waals surface area (Å²) in [5, 5.41) is 6.17. The SMILES string of the molecule is C[C@@H](NC(=O)N[C@@H]1CC2(CCC2)Oc2ccccc21)c1ccncc1. The molecule has 1 spiro atoms. The Morgan fingerprint density at radius 3 is 2.72 bits per heavy atom. The van der Waals surface area contributed by atoms with Crippen molar-refractivity contribution >= 4 is 6.03 Å². The van der Waals surface area contributed by atoms with Gasteiger partial charge in [0.25, 0.3) is 0 Å². The summed E-state index contributed by atoms with van der Waals surface area (Å²) in [6, 6.07) is 11.6. The van der Waals surface area contributed by atoms with Crippen LogP contribution in [0.25, 0.3) is 0 Å². The molecule has 0 unspecified atom stereocenters. The normalized spacial score (nSPS) is 21.4. The largest absolute Gasteiger partial charge is 0.487 e. The number of amides is 2. The summed E-state index contributed by atoms with van der Waals surface area (Å²) in [6.45, 7) is 1.97. The maximum Gasteiger partial charge on any atom is 0.315 e. The second kappa shape index (κ2) is 6.39. The predicted molar refractivity (Wildman–Crippen MR) is 95.3 cm³/mol. The lowest BCUT2D eigenvalue weighted by Crippen LogP contribution is -2.51. The summed E-state index contributed by atoms with van der Waals surface area (Å²) >= 11 is 0. The zero-order chi connectivity index (χ0) is 17.3. The number of pyridine rings is 1. The molecular weight excluding hydrogens is 314 g/mol. The van der Waals surface area contributed by atoms with E-state index in [9.17, 15) is 4.79 Å². The Bertz CT molecular complexity index is 759. The molecule has 1 aliphatic carbocycles. The van der Waals surface area contributed by atoms with Crippen molar-refractivity contribution in [3.05, 3.63) is 59.9 Å². The Balaban J connectivity index is 1.47. The van der Waals surface area contributed by atoms with Gasteiger partial charge in [0, 0.05) is 24.4 Å². The second-order valence-corrected chi connectivity index (χ2v) is 7.05. The first-order valence-corrected chi connectivity index (χ1v) is 8.90. The van der Waals surface area contributed by atoms with Crippen LogP contribution in [0.5, 0.6) is 5.75 Å². The summed E-state index contributed by atoms with van der Waals surface area (Å²) < 4.78 is 6.24. The first-order chi connectivity index (χ1) is 12.2. The topological polar surface area (TPSA) is 63.2 Å². The van der Waals surface area contributed by atoms with E-state index in [-0.39, 0.29) is 23.7 Å². The highest BCUT2D eigenvalue weighted by Crippen LogP contribution is 2.48. The molecule has 2 aliphatic rings. The zero-order valence-corrected chi connectivity index (χ0v) is 14.4. The van der Waals surface area contributed by atoms with E-state index in [1.54, 1.807) is 12.4 Å². The van der Waals surface area contributed by atoms with Crippen molar-refractivity contribution < 1.29 is 9.53 Å². The first kappa shape index (κ1) is 15.9. The van der Waals surface area contributed by atoms with E-state index in [1.807, 2.05) is 43.3 Å². The summed E-state index contributed by atoms with van der Waals surface area (Å²) in [6.07, 6.45) is 7.63. The van der Waals surface area contributed by atoms with E-state index >= 15 is 0 Å². The van der Waals surface area contributed by atoms with Gasteiger partial charge in [-0.05, 0) is 49.9 Å². The number of benzene rings is 1. The molecular formula is C20H23N3O2. The van der Waals surface area contributed by atoms with Gasteiger partial charge in [0.15, 0.2) is 0 Å². The quantitative estimate of drug-likeness (QED) is 0.893. The molecule has 1 aromatic carbocycles. The Kier molecular flexibility index (Phi) is 4.07. The molecule has 2 heterocycles. The van der Waals surface area contributed by atoms with Gasteiger partial charge >= 0.3 is 6.03 Å². The minimum atomic E-state index is -0.152. The van der Waals surface area contributed by atoms with Gasteiger partial charge in [-0.25, -0.2) is 4.79 Å². The number of fused-ring (bicyclic) bond motifs is 1. The molecule has 5 nitrogen and oxygen atoms in total. The van der Waals surface area contributed by atoms with Crippen molar-refractivity contribution in [2.24, 2.45) is 0 Å². The summed E-state index contributed by atoms with van der Waals surface area (Å²) in [5.41, 5.74) is 2.00. The molecule has 1 fully saturated rings. The summed E-state index contributed by atoms with van der Waals surface area (Å²) in [5.74, 6) is 0.904. The van der Waals surface area contributed by atoms with E-state index in [0.717, 1.165) is 36.1 Å². The highest BCUT2D eigenvalue weighted by Gasteiger charge is 2.45. The van der Waals surface area contributed by atoms with E-state index in [4.69, 9.17) is 4.74 Å². The standard InChI is InChI=1S/C20H23N3O2/c1-14(15-7-11-21-12-8-15)22-19(24)23-17-13-20(9-4-10-20)25-18-6-3-2-5-16(17)18/h2-3,5-8,11-12,14,17H,4,9-10,13H2,1H3,(H2,22,23,24)/t14-,17-/m1/s1. The van der Waals surface area contributed by atoms with Crippen LogP contribution in [0.15, 0.2) is 48.8 Å². The lowest BCUT2D eigenvalue weighted by molar-refractivity contribution is -0.0355. The molecule has 2 N–H and O–H groups in total. The van der Waals surface area contributed by atoms with Gasteiger partial charge in [0.2, 0.25) is 0 Å². The lowest BCUT2D eigenvalue weighted by atomic mass is 9.73. The fourth-order valence-corrected chi connectivity index (χ4v) is 3.76. The number of urea groups is 1. The minimum absolute atomic E-state index is 0.0186. The number of nitrogens with zero attached hydrogens (tertiary/aromatic N) is 1. The molecule has 1 saturated carbocycles. The molecule has 2 atom stereocenters. The van der Waals surface area contributed by atoms with Crippen LogP contribution < -0.4 is 15.4 Å². The highest BCUT2D eigenvalue weighted by molar-refractivity contribution is 5.75. The number of ether oxygens (including phenoxy) is 1. The Morgan fingerprint density at radius 1 is 1.24 bits per heavy atom. The Morgan fingerprint density at radius 2 is 2.00 bits per heavy atom. The van der Waals surface area contributed by atoms with E-state index in [1.165, 1.54) is 6.42 Å². The van der Waals surface area contributed by atoms with Crippen LogP contribution in [0.2, 0.25) is 0 Å². The van der Waals surface area contributed by atoms with Gasteiger partial charge in [-0.3, -0.25) is 4.98 Å². The van der Waals surface area contributed by atoms with E-state index in [2.05, 4.69) is 15.6 Å². The average molecular weight is 337 g/mol. The van der Waals surface area contributed by atoms with Gasteiger partial charge in [0.05, 0.1) is 12.1 Å². The van der Waals surface area contributed by atoms with Crippen LogP contribution in [-0.4, -0.2) is 16.6 Å². The number of carbonyl (C=O) groups excluding carboxylic acids is 1. The average Bonchev–Trinajstić information content (AvgIpc) is 2.61. The van der Waals surface area contributed by atoms with Gasteiger partial charge in [-0.2, -0.15) is 0 Å². The fraction of sp³-hybridized carbons (Fsp3) is 0.400. The predicted octanol–water partition coefficient (Wildman–Crippen LogP) is 3.89. The lowest BCUT2D eigenvalue weighted by Gasteiger charge is -2.48. The molecule has 2 amide bonds. The van der Waals surface area contributed by atoms with Crippen LogP contribution >= 0.6 is 0 Å². The van der Waals surface area contributed by atoms with Crippen molar-refractivity contribution in [3.63, 3.8) is 0 Å². The van der Waals surface area contributed by atoms with Crippen molar-refractivity contribution in [2.75, 3.05) is 0 Å². The van der Waals surface area contributed by atoms with Gasteiger partial charge in [-0.15, -0.1) is 0 Å². The van der Waals surface area contributed by atoms with Crippen molar-refractivity contribution in [1.82, 2.24) is 15.6 Å². The van der Waals surface area contributed by atoms with Crippen LogP contribution in [0.3, 0.4) is 0 Å². The highest BCUT2D eigenvalue weighted by atomic mass is 16.5. The number of aromatic nitrogens is 1. The molecule has 1 aromatic heterocycles. The molecule has 0 radical (unpaired) electrons. The number of nitrogens with one attached hydrogen (secondary N) is 2. The molecule has 1 aliphatic heterocycles. The van der Waals surface area contributed by atoms with Crippen molar-refractivity contribution in [3.8, 4) is 5.75 Å². The third-order valence-electron chi connectivity index (χ3n) is 5.32. The monoisotopic (exact) mass is 337 g/mol. The first-order valence-electron chi connectivity index (χ1n) is 8.90. The van der Waals surface area contributed by atoms with E-state index in [0.29, 0.717) is 0 Å². The maximum atomic E-state index is 12.5. The maximum absolute atomic E-state index is 12.5. The molecule has 0 bridgehead atoms. The minimum Gasteiger partial charge on any atom is -0.487 e. The fourth-order valence-electron chi connectivity index (χ4n) is 3.76. The van der Waals surface area contributed by atoms with Crippen molar-refractivity contribution in [1.29, 1.82) is 0 Å². The van der Waals surface area contributed by atoms with Crippen LogP contribution in [-0.2, 0) is 0 Å². The zero-order valence-electron chi connectivity index (χ0n) is 14.4. The molecule has 130 valence electrons. The molecule has 4 rings (SSSR count).